The number of anilines is 1. The van der Waals surface area contributed by atoms with Crippen LogP contribution in [0.3, 0.4) is 0 Å². The maximum atomic E-state index is 14.8. The van der Waals surface area contributed by atoms with Crippen LogP contribution in [0.15, 0.2) is 30.3 Å². The molecule has 2 heterocycles. The first-order valence-electron chi connectivity index (χ1n) is 12.2. The summed E-state index contributed by atoms with van der Waals surface area (Å²) in [6.07, 6.45) is -2.71. The molecule has 1 fully saturated rings. The number of likely N-dealkylation sites (N-methyl/N-ethyl adjacent to an activating group) is 1. The fourth-order valence-corrected chi connectivity index (χ4v) is 4.79. The summed E-state index contributed by atoms with van der Waals surface area (Å²) in [5, 5.41) is 3.66. The van der Waals surface area contributed by atoms with Gasteiger partial charge in [-0.2, -0.15) is 13.2 Å². The maximum Gasteiger partial charge on any atom is 0.419 e. The van der Waals surface area contributed by atoms with Crippen LogP contribution >= 0.6 is 0 Å². The van der Waals surface area contributed by atoms with Crippen LogP contribution in [0.25, 0.3) is 10.9 Å². The third-order valence-electron chi connectivity index (χ3n) is 7.27. The maximum absolute atomic E-state index is 14.8. The Morgan fingerprint density at radius 3 is 2.54 bits per heavy atom. The van der Waals surface area contributed by atoms with E-state index in [1.807, 2.05) is 0 Å². The summed E-state index contributed by atoms with van der Waals surface area (Å²) >= 11 is 0. The van der Waals surface area contributed by atoms with Gasteiger partial charge in [-0.15, -0.1) is 0 Å². The molecule has 10 heteroatoms. The first-order valence-corrected chi connectivity index (χ1v) is 12.2. The second-order valence-electron chi connectivity index (χ2n) is 10.1. The number of aromatic nitrogens is 2. The summed E-state index contributed by atoms with van der Waals surface area (Å²) in [5.41, 5.74) is -0.757. The smallest absolute Gasteiger partial charge is 0.419 e. The first kappa shape index (κ1) is 26.9. The van der Waals surface area contributed by atoms with E-state index in [0.29, 0.717) is 40.7 Å². The third-order valence-corrected chi connectivity index (χ3v) is 7.27. The van der Waals surface area contributed by atoms with E-state index in [4.69, 9.17) is 9.47 Å². The number of hydrogen-bond donors (Lipinski definition) is 1. The highest BCUT2D eigenvalue weighted by Crippen LogP contribution is 2.38. The minimum absolute atomic E-state index is 0.0960. The van der Waals surface area contributed by atoms with E-state index in [0.717, 1.165) is 18.9 Å². The van der Waals surface area contributed by atoms with Crippen LogP contribution < -0.4 is 14.8 Å². The number of hydrogen-bond acceptors (Lipinski definition) is 6. The number of fused-ring (bicyclic) bond motifs is 1. The zero-order valence-corrected chi connectivity index (χ0v) is 21.8. The lowest BCUT2D eigenvalue weighted by Gasteiger charge is -2.31. The number of rotatable bonds is 7. The van der Waals surface area contributed by atoms with Crippen molar-refractivity contribution in [1.29, 1.82) is 0 Å². The standard InChI is InChI=1S/C27H32F4N4O2/c1-15(18-8-7-9-20(24(18)28)27(29,30)31)32-25-19-12-23(22(36-6)13-21(19)33-16(2)34-25)37-14-17-10-11-26(3,4)35(17)5/h7-9,12-13,15,17H,10-11,14H2,1-6H3,(H,32,33,34)/t15-,17+/m1/s1. The Morgan fingerprint density at radius 1 is 1.19 bits per heavy atom. The molecule has 37 heavy (non-hydrogen) atoms. The number of nitrogens with one attached hydrogen (secondary N) is 1. The van der Waals surface area contributed by atoms with Gasteiger partial charge in [-0.05, 0) is 59.7 Å². The number of benzene rings is 2. The van der Waals surface area contributed by atoms with Crippen LogP contribution in [-0.2, 0) is 6.18 Å². The van der Waals surface area contributed by atoms with Gasteiger partial charge in [-0.3, -0.25) is 4.90 Å². The molecule has 1 saturated heterocycles. The fraction of sp³-hybridized carbons (Fsp3) is 0.481. The molecule has 1 aliphatic heterocycles. The Balaban J connectivity index is 1.66. The molecule has 3 aromatic rings. The number of ether oxygens (including phenoxy) is 2. The van der Waals surface area contributed by atoms with E-state index < -0.39 is 23.6 Å². The van der Waals surface area contributed by atoms with Crippen LogP contribution in [-0.4, -0.2) is 47.2 Å². The molecule has 0 amide bonds. The van der Waals surface area contributed by atoms with Crippen molar-refractivity contribution in [2.24, 2.45) is 0 Å². The van der Waals surface area contributed by atoms with Gasteiger partial charge in [0.1, 0.15) is 24.1 Å². The summed E-state index contributed by atoms with van der Waals surface area (Å²) in [5.74, 6) is 0.505. The Labute approximate surface area is 214 Å². The number of aryl methyl sites for hydroxylation is 1. The molecule has 2 aromatic carbocycles. The molecule has 0 radical (unpaired) electrons. The average Bonchev–Trinajstić information content (AvgIpc) is 3.08. The quantitative estimate of drug-likeness (QED) is 0.358. The number of halogens is 4. The molecule has 0 spiro atoms. The minimum atomic E-state index is -4.79. The SMILES string of the molecule is COc1cc2nc(C)nc(N[C@H](C)c3cccc(C(F)(F)F)c3F)c2cc1OC[C@@H]1CCC(C)(C)N1C. The molecule has 0 bridgehead atoms. The van der Waals surface area contributed by atoms with Crippen molar-refractivity contribution in [1.82, 2.24) is 14.9 Å². The van der Waals surface area contributed by atoms with Gasteiger partial charge >= 0.3 is 6.18 Å². The largest absolute Gasteiger partial charge is 0.493 e. The molecule has 2 atom stereocenters. The monoisotopic (exact) mass is 520 g/mol. The van der Waals surface area contributed by atoms with Gasteiger partial charge in [0.15, 0.2) is 11.5 Å². The lowest BCUT2D eigenvalue weighted by Crippen LogP contribution is -2.41. The Morgan fingerprint density at radius 2 is 1.92 bits per heavy atom. The Hall–Kier alpha value is -3.14. The van der Waals surface area contributed by atoms with Gasteiger partial charge in [0.25, 0.3) is 0 Å². The van der Waals surface area contributed by atoms with Crippen molar-refractivity contribution in [2.75, 3.05) is 26.1 Å². The summed E-state index contributed by atoms with van der Waals surface area (Å²) in [4.78, 5) is 11.3. The predicted molar refractivity (Wildman–Crippen MR) is 135 cm³/mol. The Kier molecular flexibility index (Phi) is 7.25. The predicted octanol–water partition coefficient (Wildman–Crippen LogP) is 6.53. The average molecular weight is 521 g/mol. The van der Waals surface area contributed by atoms with Crippen molar-refractivity contribution < 1.29 is 27.0 Å². The van der Waals surface area contributed by atoms with E-state index in [2.05, 4.69) is 41.1 Å². The minimum Gasteiger partial charge on any atom is -0.493 e. The lowest BCUT2D eigenvalue weighted by atomic mass is 10.0. The molecule has 4 rings (SSSR count). The summed E-state index contributed by atoms with van der Waals surface area (Å²) in [7, 11) is 3.64. The lowest BCUT2D eigenvalue weighted by molar-refractivity contribution is -0.140. The summed E-state index contributed by atoms with van der Waals surface area (Å²) in [6, 6.07) is 6.19. The van der Waals surface area contributed by atoms with E-state index in [-0.39, 0.29) is 17.1 Å². The number of likely N-dealkylation sites (tertiary alicyclic amines) is 1. The summed E-state index contributed by atoms with van der Waals surface area (Å²) < 4.78 is 66.2. The van der Waals surface area contributed by atoms with Crippen LogP contribution in [0, 0.1) is 12.7 Å². The zero-order chi connectivity index (χ0) is 27.1. The topological polar surface area (TPSA) is 59.5 Å². The van der Waals surface area contributed by atoms with Crippen molar-refractivity contribution in [3.63, 3.8) is 0 Å². The van der Waals surface area contributed by atoms with E-state index in [1.54, 1.807) is 33.1 Å². The van der Waals surface area contributed by atoms with E-state index >= 15 is 0 Å². The van der Waals surface area contributed by atoms with Crippen LogP contribution in [0.5, 0.6) is 11.5 Å². The van der Waals surface area contributed by atoms with Gasteiger partial charge < -0.3 is 14.8 Å². The van der Waals surface area contributed by atoms with E-state index in [9.17, 15) is 17.6 Å². The molecule has 1 N–H and O–H groups in total. The number of alkyl halides is 3. The molecule has 0 saturated carbocycles. The molecule has 1 aromatic heterocycles. The number of methoxy groups -OCH3 is 1. The van der Waals surface area contributed by atoms with Gasteiger partial charge in [-0.25, -0.2) is 14.4 Å². The summed E-state index contributed by atoms with van der Waals surface area (Å²) in [6.45, 7) is 8.16. The van der Waals surface area contributed by atoms with Crippen LogP contribution in [0.4, 0.5) is 23.4 Å². The highest BCUT2D eigenvalue weighted by atomic mass is 19.4. The number of nitrogens with zero attached hydrogens (tertiary/aromatic N) is 3. The fourth-order valence-electron chi connectivity index (χ4n) is 4.79. The highest BCUT2D eigenvalue weighted by molar-refractivity contribution is 5.92. The molecule has 6 nitrogen and oxygen atoms in total. The van der Waals surface area contributed by atoms with Crippen molar-refractivity contribution >= 4 is 16.7 Å². The zero-order valence-electron chi connectivity index (χ0n) is 21.8. The second-order valence-corrected chi connectivity index (χ2v) is 10.1. The molecule has 0 aliphatic carbocycles. The van der Waals surface area contributed by atoms with Gasteiger partial charge in [-0.1, -0.05) is 12.1 Å². The molecule has 1 aliphatic rings. The molecule has 0 unspecified atom stereocenters. The van der Waals surface area contributed by atoms with Gasteiger partial charge in [0, 0.05) is 28.6 Å². The molecule has 200 valence electrons. The molecular formula is C27H32F4N4O2. The third kappa shape index (κ3) is 5.44. The van der Waals surface area contributed by atoms with E-state index in [1.165, 1.54) is 12.1 Å². The Bertz CT molecular complexity index is 1300. The van der Waals surface area contributed by atoms with Crippen molar-refractivity contribution in [3.05, 3.63) is 53.1 Å². The molecular weight excluding hydrogens is 488 g/mol. The van der Waals surface area contributed by atoms with Crippen LogP contribution in [0.2, 0.25) is 0 Å². The first-order chi connectivity index (χ1) is 17.3. The highest BCUT2D eigenvalue weighted by Gasteiger charge is 2.37. The van der Waals surface area contributed by atoms with Crippen molar-refractivity contribution in [3.8, 4) is 11.5 Å². The normalized spacial score (nSPS) is 18.7. The van der Waals surface area contributed by atoms with Crippen molar-refractivity contribution in [2.45, 2.75) is 64.3 Å². The van der Waals surface area contributed by atoms with Crippen LogP contribution in [0.1, 0.15) is 56.6 Å². The van der Waals surface area contributed by atoms with Gasteiger partial charge in [0.2, 0.25) is 0 Å². The second kappa shape index (κ2) is 9.96. The van der Waals surface area contributed by atoms with Gasteiger partial charge in [0.05, 0.1) is 24.2 Å².